The van der Waals surface area contributed by atoms with Gasteiger partial charge in [-0.05, 0) is 73.5 Å². The first-order chi connectivity index (χ1) is 16.1. The van der Waals surface area contributed by atoms with Gasteiger partial charge in [-0.2, -0.15) is 0 Å². The molecule has 0 saturated carbocycles. The van der Waals surface area contributed by atoms with Crippen molar-refractivity contribution in [3.05, 3.63) is 77.1 Å². The Morgan fingerprint density at radius 3 is 2.33 bits per heavy atom. The van der Waals surface area contributed by atoms with Gasteiger partial charge in [0, 0.05) is 40.8 Å². The van der Waals surface area contributed by atoms with E-state index in [1.54, 1.807) is 14.2 Å². The monoisotopic (exact) mass is 460 g/mol. The Morgan fingerprint density at radius 1 is 0.848 bits per heavy atom. The number of anilines is 1. The predicted molar refractivity (Wildman–Crippen MR) is 133 cm³/mol. The van der Waals surface area contributed by atoms with Crippen LogP contribution in [0.4, 0.5) is 11.4 Å². The maximum atomic E-state index is 6.30. The van der Waals surface area contributed by atoms with Crippen molar-refractivity contribution in [1.82, 2.24) is 0 Å². The first kappa shape index (κ1) is 21.4. The van der Waals surface area contributed by atoms with Crippen LogP contribution in [0.15, 0.2) is 76.1 Å². The van der Waals surface area contributed by atoms with Crippen molar-refractivity contribution in [2.45, 2.75) is 12.8 Å². The molecule has 4 aromatic rings. The number of rotatable bonds is 5. The third-order valence-corrected chi connectivity index (χ3v) is 6.18. The summed E-state index contributed by atoms with van der Waals surface area (Å²) in [6.07, 6.45) is 2.51. The molecule has 0 N–H and O–H groups in total. The molecule has 168 valence electrons. The van der Waals surface area contributed by atoms with Crippen LogP contribution in [0.3, 0.4) is 0 Å². The first-order valence-electron chi connectivity index (χ1n) is 11.0. The molecule has 0 aliphatic carbocycles. The molecular weight excluding hydrogens is 436 g/mol. The van der Waals surface area contributed by atoms with Crippen molar-refractivity contribution in [2.75, 3.05) is 32.2 Å². The fraction of sp³-hybridized carbons (Fsp3) is 0.222. The number of hydrogen-bond acceptors (Lipinski definition) is 5. The number of fused-ring (bicyclic) bond motifs is 1. The van der Waals surface area contributed by atoms with Gasteiger partial charge < -0.3 is 18.8 Å². The SMILES string of the molecule is COc1ccc(-c2cc(=Nc3ccc(N4CCCC4)cc3)c3cc(Cl)ccc3o2)cc1OC. The van der Waals surface area contributed by atoms with Crippen LogP contribution in [-0.4, -0.2) is 27.3 Å². The Bertz CT molecular complexity index is 1360. The number of nitrogens with zero attached hydrogens (tertiary/aromatic N) is 2. The lowest BCUT2D eigenvalue weighted by atomic mass is 10.1. The smallest absolute Gasteiger partial charge is 0.161 e. The van der Waals surface area contributed by atoms with E-state index in [0.717, 1.165) is 35.1 Å². The maximum absolute atomic E-state index is 6.30. The lowest BCUT2D eigenvalue weighted by Crippen LogP contribution is -2.17. The summed E-state index contributed by atoms with van der Waals surface area (Å²) in [5, 5.41) is 2.28. The van der Waals surface area contributed by atoms with E-state index in [1.165, 1.54) is 18.5 Å². The Morgan fingerprint density at radius 2 is 1.61 bits per heavy atom. The summed E-state index contributed by atoms with van der Waals surface area (Å²) >= 11 is 6.30. The van der Waals surface area contributed by atoms with Crippen LogP contribution in [0.25, 0.3) is 22.3 Å². The fourth-order valence-electron chi connectivity index (χ4n) is 4.22. The molecular formula is C27H25ClN2O3. The van der Waals surface area contributed by atoms with E-state index in [0.29, 0.717) is 27.9 Å². The van der Waals surface area contributed by atoms with Crippen LogP contribution in [0.5, 0.6) is 11.5 Å². The van der Waals surface area contributed by atoms with Crippen molar-refractivity contribution < 1.29 is 13.9 Å². The van der Waals surface area contributed by atoms with E-state index < -0.39 is 0 Å². The van der Waals surface area contributed by atoms with Gasteiger partial charge in [-0.15, -0.1) is 0 Å². The van der Waals surface area contributed by atoms with Gasteiger partial charge in [0.1, 0.15) is 11.3 Å². The summed E-state index contributed by atoms with van der Waals surface area (Å²) in [5.41, 5.74) is 3.70. The first-order valence-corrected chi connectivity index (χ1v) is 11.4. The van der Waals surface area contributed by atoms with Crippen LogP contribution in [0.1, 0.15) is 12.8 Å². The Labute approximate surface area is 197 Å². The summed E-state index contributed by atoms with van der Waals surface area (Å²) in [4.78, 5) is 7.36. The normalized spacial score (nSPS) is 14.2. The van der Waals surface area contributed by atoms with E-state index in [4.69, 9.17) is 30.5 Å². The maximum Gasteiger partial charge on any atom is 0.161 e. The molecule has 1 saturated heterocycles. The van der Waals surface area contributed by atoms with E-state index in [2.05, 4.69) is 29.2 Å². The third kappa shape index (κ3) is 4.41. The molecule has 0 atom stereocenters. The quantitative estimate of drug-likeness (QED) is 0.336. The van der Waals surface area contributed by atoms with Crippen molar-refractivity contribution >= 4 is 33.9 Å². The predicted octanol–water partition coefficient (Wildman–Crippen LogP) is 6.60. The van der Waals surface area contributed by atoms with Crippen LogP contribution in [0.2, 0.25) is 5.02 Å². The molecule has 2 heterocycles. The van der Waals surface area contributed by atoms with E-state index in [-0.39, 0.29) is 0 Å². The standard InChI is InChI=1S/C27H25ClN2O3/c1-31-25-11-5-18(15-27(25)32-2)26-17-23(22-16-19(28)6-12-24(22)33-26)29-20-7-9-21(10-8-20)30-13-3-4-14-30/h5-12,15-17H,3-4,13-14H2,1-2H3. The second-order valence-corrected chi connectivity index (χ2v) is 8.46. The largest absolute Gasteiger partial charge is 0.493 e. The molecule has 6 heteroatoms. The molecule has 1 aliphatic heterocycles. The number of ether oxygens (including phenoxy) is 2. The van der Waals surface area contributed by atoms with Crippen molar-refractivity contribution in [3.8, 4) is 22.8 Å². The van der Waals surface area contributed by atoms with E-state index >= 15 is 0 Å². The van der Waals surface area contributed by atoms with Gasteiger partial charge in [0.05, 0.1) is 25.3 Å². The topological polar surface area (TPSA) is 47.2 Å². The van der Waals surface area contributed by atoms with Gasteiger partial charge >= 0.3 is 0 Å². The zero-order chi connectivity index (χ0) is 22.8. The molecule has 0 unspecified atom stereocenters. The molecule has 1 aromatic heterocycles. The zero-order valence-corrected chi connectivity index (χ0v) is 19.4. The summed E-state index contributed by atoms with van der Waals surface area (Å²) < 4.78 is 17.1. The van der Waals surface area contributed by atoms with Crippen molar-refractivity contribution in [2.24, 2.45) is 4.99 Å². The van der Waals surface area contributed by atoms with Crippen molar-refractivity contribution in [1.29, 1.82) is 0 Å². The van der Waals surface area contributed by atoms with Gasteiger partial charge in [0.25, 0.3) is 0 Å². The molecule has 0 bridgehead atoms. The number of benzene rings is 3. The Hall–Kier alpha value is -3.44. The molecule has 0 amide bonds. The number of methoxy groups -OCH3 is 2. The third-order valence-electron chi connectivity index (χ3n) is 5.94. The average molecular weight is 461 g/mol. The lowest BCUT2D eigenvalue weighted by Gasteiger charge is -2.17. The fourth-order valence-corrected chi connectivity index (χ4v) is 4.39. The number of halogens is 1. The molecule has 0 spiro atoms. The van der Waals surface area contributed by atoms with Crippen LogP contribution in [0, 0.1) is 0 Å². The number of hydrogen-bond donors (Lipinski definition) is 0. The Balaban J connectivity index is 1.62. The van der Waals surface area contributed by atoms with Gasteiger partial charge in [0.2, 0.25) is 0 Å². The van der Waals surface area contributed by atoms with Gasteiger partial charge in [-0.3, -0.25) is 0 Å². The van der Waals surface area contributed by atoms with Crippen molar-refractivity contribution in [3.63, 3.8) is 0 Å². The summed E-state index contributed by atoms with van der Waals surface area (Å²) in [5.74, 6) is 1.98. The molecule has 5 nitrogen and oxygen atoms in total. The second kappa shape index (κ2) is 9.20. The molecule has 0 radical (unpaired) electrons. The average Bonchev–Trinajstić information content (AvgIpc) is 3.39. The minimum Gasteiger partial charge on any atom is -0.493 e. The van der Waals surface area contributed by atoms with E-state index in [9.17, 15) is 0 Å². The molecule has 5 rings (SSSR count). The summed E-state index contributed by atoms with van der Waals surface area (Å²) in [7, 11) is 3.24. The minimum absolute atomic E-state index is 0.636. The van der Waals surface area contributed by atoms with Crippen LogP contribution < -0.4 is 19.7 Å². The molecule has 1 aliphatic rings. The molecule has 33 heavy (non-hydrogen) atoms. The summed E-state index contributed by atoms with van der Waals surface area (Å²) in [6, 6.07) is 21.6. The van der Waals surface area contributed by atoms with E-state index in [1.807, 2.05) is 42.5 Å². The Kier molecular flexibility index (Phi) is 5.97. The van der Waals surface area contributed by atoms with Gasteiger partial charge in [-0.25, -0.2) is 4.99 Å². The summed E-state index contributed by atoms with van der Waals surface area (Å²) in [6.45, 7) is 2.24. The zero-order valence-electron chi connectivity index (χ0n) is 18.7. The highest BCUT2D eigenvalue weighted by molar-refractivity contribution is 6.31. The highest BCUT2D eigenvalue weighted by Crippen LogP contribution is 2.33. The molecule has 3 aromatic carbocycles. The van der Waals surface area contributed by atoms with Crippen LogP contribution >= 0.6 is 11.6 Å². The van der Waals surface area contributed by atoms with Gasteiger partial charge in [0.15, 0.2) is 11.5 Å². The minimum atomic E-state index is 0.636. The molecule has 1 fully saturated rings. The highest BCUT2D eigenvalue weighted by Gasteiger charge is 2.13. The van der Waals surface area contributed by atoms with Gasteiger partial charge in [-0.1, -0.05) is 11.6 Å². The highest BCUT2D eigenvalue weighted by atomic mass is 35.5. The lowest BCUT2D eigenvalue weighted by molar-refractivity contribution is 0.355. The second-order valence-electron chi connectivity index (χ2n) is 8.03. The van der Waals surface area contributed by atoms with Crippen LogP contribution in [-0.2, 0) is 0 Å².